The summed E-state index contributed by atoms with van der Waals surface area (Å²) in [5, 5.41) is 3.80. The van der Waals surface area contributed by atoms with Gasteiger partial charge in [-0.05, 0) is 23.8 Å². The van der Waals surface area contributed by atoms with Crippen LogP contribution in [-0.2, 0) is 4.79 Å². The van der Waals surface area contributed by atoms with Gasteiger partial charge in [0, 0.05) is 42.0 Å². The first-order valence-electron chi connectivity index (χ1n) is 7.42. The number of carbonyl (C=O) groups is 1. The maximum atomic E-state index is 11.9. The number of pyridine rings is 1. The minimum atomic E-state index is -0.217. The van der Waals surface area contributed by atoms with Crippen molar-refractivity contribution in [2.45, 2.75) is 6.04 Å². The van der Waals surface area contributed by atoms with Crippen LogP contribution in [0.25, 0.3) is 17.1 Å². The van der Waals surface area contributed by atoms with Crippen LogP contribution in [0.15, 0.2) is 60.9 Å². The Morgan fingerprint density at radius 1 is 1.20 bits per heavy atom. The highest BCUT2D eigenvalue weighted by Gasteiger charge is 2.06. The lowest BCUT2D eigenvalue weighted by molar-refractivity contribution is -0.116. The van der Waals surface area contributed by atoms with Crippen molar-refractivity contribution >= 4 is 47.8 Å². The Morgan fingerprint density at radius 2 is 1.96 bits per heavy atom. The van der Waals surface area contributed by atoms with E-state index in [1.54, 1.807) is 12.3 Å². The highest BCUT2D eigenvalue weighted by Crippen LogP contribution is 2.16. The van der Waals surface area contributed by atoms with Gasteiger partial charge in [-0.25, -0.2) is 4.98 Å². The maximum absolute atomic E-state index is 11.9. The van der Waals surface area contributed by atoms with Gasteiger partial charge >= 0.3 is 0 Å². The molecule has 132 valence electrons. The molecule has 0 aliphatic heterocycles. The highest BCUT2D eigenvalue weighted by atomic mass is 35.5. The second-order valence-corrected chi connectivity index (χ2v) is 5.24. The molecule has 0 aliphatic rings. The predicted molar refractivity (Wildman–Crippen MR) is 106 cm³/mol. The fourth-order valence-corrected chi connectivity index (χ4v) is 2.37. The first-order chi connectivity index (χ1) is 11.2. The molecule has 0 radical (unpaired) electrons. The van der Waals surface area contributed by atoms with Crippen molar-refractivity contribution in [2.75, 3.05) is 6.54 Å². The van der Waals surface area contributed by atoms with Gasteiger partial charge in [-0.3, -0.25) is 4.79 Å². The van der Waals surface area contributed by atoms with Gasteiger partial charge in [-0.15, -0.1) is 24.8 Å². The zero-order valence-electron chi connectivity index (χ0n) is 13.4. The standard InChI is InChI=1S/C18H18N4O.2ClH/c19-16(13-5-2-1-3-6-13)12-21-17(23)9-8-14-11-22-18-15(14)7-4-10-20-18;;/h1-11,16H,12,19H2,(H,20,22)(H,21,23);2*1H/t16-;;/m1../s1. The molecule has 0 aliphatic carbocycles. The lowest BCUT2D eigenvalue weighted by atomic mass is 10.1. The number of aromatic amines is 1. The molecule has 25 heavy (non-hydrogen) atoms. The molecular weight excluding hydrogens is 359 g/mol. The minimum absolute atomic E-state index is 0. The van der Waals surface area contributed by atoms with Crippen LogP contribution < -0.4 is 11.1 Å². The number of amides is 1. The number of benzene rings is 1. The number of hydrogen-bond acceptors (Lipinski definition) is 3. The van der Waals surface area contributed by atoms with Gasteiger partial charge in [0.2, 0.25) is 5.91 Å². The summed E-state index contributed by atoms with van der Waals surface area (Å²) in [6.45, 7) is 0.391. The molecule has 1 atom stereocenters. The Bertz CT molecular complexity index is 833. The summed E-state index contributed by atoms with van der Waals surface area (Å²) in [6, 6.07) is 13.3. The van der Waals surface area contributed by atoms with Crippen molar-refractivity contribution in [3.05, 3.63) is 72.1 Å². The normalized spacial score (nSPS) is 11.6. The molecule has 0 spiro atoms. The SMILES string of the molecule is Cl.Cl.N[C@H](CNC(=O)C=Cc1c[nH]c2ncccc12)c1ccccc1. The van der Waals surface area contributed by atoms with Crippen molar-refractivity contribution in [2.24, 2.45) is 5.73 Å². The Balaban J connectivity index is 0.00000156. The number of halogens is 2. The summed E-state index contributed by atoms with van der Waals surface area (Å²) in [7, 11) is 0. The third-order valence-corrected chi connectivity index (χ3v) is 3.62. The zero-order valence-corrected chi connectivity index (χ0v) is 15.0. The third kappa shape index (κ3) is 5.32. The third-order valence-electron chi connectivity index (χ3n) is 3.62. The van der Waals surface area contributed by atoms with E-state index in [1.165, 1.54) is 6.08 Å². The van der Waals surface area contributed by atoms with Gasteiger partial charge < -0.3 is 16.0 Å². The van der Waals surface area contributed by atoms with E-state index in [9.17, 15) is 4.79 Å². The van der Waals surface area contributed by atoms with Gasteiger partial charge in [0.05, 0.1) is 0 Å². The van der Waals surface area contributed by atoms with Gasteiger partial charge in [0.1, 0.15) is 5.65 Å². The average molecular weight is 379 g/mol. The summed E-state index contributed by atoms with van der Waals surface area (Å²) in [5.41, 5.74) is 8.79. The average Bonchev–Trinajstić information content (AvgIpc) is 3.02. The second kappa shape index (κ2) is 9.84. The van der Waals surface area contributed by atoms with Crippen LogP contribution >= 0.6 is 24.8 Å². The molecule has 1 aromatic carbocycles. The molecule has 0 saturated carbocycles. The Hall–Kier alpha value is -2.34. The van der Waals surface area contributed by atoms with Crippen molar-refractivity contribution in [1.29, 1.82) is 0 Å². The van der Waals surface area contributed by atoms with E-state index in [0.29, 0.717) is 6.54 Å². The van der Waals surface area contributed by atoms with Crippen molar-refractivity contribution in [3.63, 3.8) is 0 Å². The van der Waals surface area contributed by atoms with Gasteiger partial charge in [0.25, 0.3) is 0 Å². The van der Waals surface area contributed by atoms with Crippen LogP contribution in [0, 0.1) is 0 Å². The van der Waals surface area contributed by atoms with Crippen LogP contribution in [0.5, 0.6) is 0 Å². The summed E-state index contributed by atoms with van der Waals surface area (Å²) in [4.78, 5) is 19.2. The zero-order chi connectivity index (χ0) is 16.1. The number of fused-ring (bicyclic) bond motifs is 1. The Kier molecular flexibility index (Phi) is 8.15. The number of rotatable bonds is 5. The summed E-state index contributed by atoms with van der Waals surface area (Å²) < 4.78 is 0. The number of nitrogens with one attached hydrogen (secondary N) is 2. The van der Waals surface area contributed by atoms with Crippen molar-refractivity contribution < 1.29 is 4.79 Å². The smallest absolute Gasteiger partial charge is 0.244 e. The van der Waals surface area contributed by atoms with E-state index >= 15 is 0 Å². The number of aromatic nitrogens is 2. The maximum Gasteiger partial charge on any atom is 0.244 e. The first-order valence-corrected chi connectivity index (χ1v) is 7.42. The predicted octanol–water partition coefficient (Wildman–Crippen LogP) is 3.24. The molecule has 0 saturated heterocycles. The molecule has 0 unspecified atom stereocenters. The number of nitrogens with two attached hydrogens (primary N) is 1. The van der Waals surface area contributed by atoms with Gasteiger partial charge in [-0.2, -0.15) is 0 Å². The van der Waals surface area contributed by atoms with E-state index < -0.39 is 0 Å². The van der Waals surface area contributed by atoms with E-state index in [4.69, 9.17) is 5.73 Å². The van der Waals surface area contributed by atoms with Crippen LogP contribution in [0.4, 0.5) is 0 Å². The molecule has 3 rings (SSSR count). The Labute approximate surface area is 158 Å². The summed E-state index contributed by atoms with van der Waals surface area (Å²) in [6.07, 6.45) is 6.83. The highest BCUT2D eigenvalue weighted by molar-refractivity contribution is 5.95. The van der Waals surface area contributed by atoms with Crippen molar-refractivity contribution in [3.8, 4) is 0 Å². The molecule has 2 aromatic heterocycles. The van der Waals surface area contributed by atoms with E-state index in [0.717, 1.165) is 22.2 Å². The first kappa shape index (κ1) is 20.7. The molecule has 2 heterocycles. The van der Waals surface area contributed by atoms with E-state index in [1.807, 2.05) is 48.7 Å². The fourth-order valence-electron chi connectivity index (χ4n) is 2.37. The molecular formula is C18H20Cl2N4O. The number of hydrogen-bond donors (Lipinski definition) is 3. The summed E-state index contributed by atoms with van der Waals surface area (Å²) in [5.74, 6) is -0.172. The lowest BCUT2D eigenvalue weighted by Crippen LogP contribution is -2.30. The molecule has 3 aromatic rings. The fraction of sp³-hybridized carbons (Fsp3) is 0.111. The largest absolute Gasteiger partial charge is 0.351 e. The molecule has 0 bridgehead atoms. The van der Waals surface area contributed by atoms with Crippen LogP contribution in [-0.4, -0.2) is 22.4 Å². The second-order valence-electron chi connectivity index (χ2n) is 5.24. The number of carbonyl (C=O) groups excluding carboxylic acids is 1. The van der Waals surface area contributed by atoms with Gasteiger partial charge in [-0.1, -0.05) is 30.3 Å². The monoisotopic (exact) mass is 378 g/mol. The lowest BCUT2D eigenvalue weighted by Gasteiger charge is -2.11. The quantitative estimate of drug-likeness (QED) is 0.595. The topological polar surface area (TPSA) is 83.8 Å². The van der Waals surface area contributed by atoms with E-state index in [2.05, 4.69) is 15.3 Å². The molecule has 4 N–H and O–H groups in total. The molecule has 5 nitrogen and oxygen atoms in total. The van der Waals surface area contributed by atoms with Crippen LogP contribution in [0.3, 0.4) is 0 Å². The van der Waals surface area contributed by atoms with Gasteiger partial charge in [0.15, 0.2) is 0 Å². The van der Waals surface area contributed by atoms with Crippen molar-refractivity contribution in [1.82, 2.24) is 15.3 Å². The Morgan fingerprint density at radius 3 is 2.72 bits per heavy atom. The molecule has 1 amide bonds. The van der Waals surface area contributed by atoms with Crippen LogP contribution in [0.2, 0.25) is 0 Å². The van der Waals surface area contributed by atoms with Crippen LogP contribution in [0.1, 0.15) is 17.2 Å². The minimum Gasteiger partial charge on any atom is -0.351 e. The molecule has 7 heteroatoms. The number of H-pyrrole nitrogens is 1. The molecule has 0 fully saturated rings. The number of nitrogens with zero attached hydrogens (tertiary/aromatic N) is 1. The van der Waals surface area contributed by atoms with E-state index in [-0.39, 0.29) is 36.8 Å². The summed E-state index contributed by atoms with van der Waals surface area (Å²) >= 11 is 0.